The number of carboxylic acids is 1. The van der Waals surface area contributed by atoms with Crippen LogP contribution in [0.1, 0.15) is 79.0 Å². The number of aliphatic carboxylic acids is 1. The average Bonchev–Trinajstić information content (AvgIpc) is 3.12. The fourth-order valence-electron chi connectivity index (χ4n) is 4.85. The third kappa shape index (κ3) is 6.34. The molecule has 6 nitrogen and oxygen atoms in total. The largest absolute Gasteiger partial charge is 0.479 e. The van der Waals surface area contributed by atoms with Gasteiger partial charge in [-0.3, -0.25) is 4.79 Å². The zero-order valence-corrected chi connectivity index (χ0v) is 24.9. The minimum Gasteiger partial charge on any atom is -0.479 e. The fraction of sp³-hybridized carbons (Fsp3) is 0.333. The maximum absolute atomic E-state index is 13.2. The van der Waals surface area contributed by atoms with E-state index in [4.69, 9.17) is 16.3 Å². The van der Waals surface area contributed by atoms with E-state index in [0.717, 1.165) is 33.3 Å². The van der Waals surface area contributed by atoms with Crippen LogP contribution in [-0.4, -0.2) is 27.7 Å². The van der Waals surface area contributed by atoms with Crippen molar-refractivity contribution in [1.82, 2.24) is 9.88 Å². The second-order valence-electron chi connectivity index (χ2n) is 11.5. The second-order valence-corrected chi connectivity index (χ2v) is 11.9. The number of nitrogens with one attached hydrogen (secondary N) is 1. The molecule has 1 heterocycles. The molecule has 4 aromatic rings. The summed E-state index contributed by atoms with van der Waals surface area (Å²) in [5, 5.41) is 13.8. The minimum absolute atomic E-state index is 0.0780. The predicted molar refractivity (Wildman–Crippen MR) is 161 cm³/mol. The van der Waals surface area contributed by atoms with E-state index in [2.05, 4.69) is 61.8 Å². The number of nitrogens with zero attached hydrogens (tertiary/aromatic N) is 1. The number of carboxylic acid groups (broad SMARTS) is 1. The molecule has 1 amide bonds. The highest BCUT2D eigenvalue weighted by Gasteiger charge is 2.19. The van der Waals surface area contributed by atoms with Gasteiger partial charge in [-0.1, -0.05) is 56.6 Å². The Bertz CT molecular complexity index is 1560. The van der Waals surface area contributed by atoms with Crippen molar-refractivity contribution in [2.75, 3.05) is 0 Å². The lowest BCUT2D eigenvalue weighted by Crippen LogP contribution is -2.26. The lowest BCUT2D eigenvalue weighted by Gasteiger charge is -2.21. The molecule has 0 spiro atoms. The van der Waals surface area contributed by atoms with Crippen LogP contribution in [0.15, 0.2) is 60.7 Å². The molecule has 0 aliphatic heterocycles. The van der Waals surface area contributed by atoms with Crippen molar-refractivity contribution in [3.63, 3.8) is 0 Å². The molecule has 2 atom stereocenters. The topological polar surface area (TPSA) is 80.6 Å². The third-order valence-corrected chi connectivity index (χ3v) is 7.68. The molecule has 2 N–H and O–H groups in total. The SMILES string of the molecule is Cc1c(C)n(Cc2cc(Cl)cc(OC(C)C(=O)O)c2)c2ccc(C(=O)NC(C)c3ccc(C(C)(C)C)cc3)cc12. The van der Waals surface area contributed by atoms with Gasteiger partial charge >= 0.3 is 5.97 Å². The van der Waals surface area contributed by atoms with Crippen molar-refractivity contribution in [3.8, 4) is 5.75 Å². The van der Waals surface area contributed by atoms with E-state index in [1.807, 2.05) is 44.2 Å². The van der Waals surface area contributed by atoms with E-state index in [-0.39, 0.29) is 17.4 Å². The molecule has 0 radical (unpaired) electrons. The Morgan fingerprint density at radius 3 is 2.30 bits per heavy atom. The summed E-state index contributed by atoms with van der Waals surface area (Å²) in [7, 11) is 0. The van der Waals surface area contributed by atoms with Gasteiger partial charge in [-0.2, -0.15) is 0 Å². The summed E-state index contributed by atoms with van der Waals surface area (Å²) >= 11 is 6.33. The summed E-state index contributed by atoms with van der Waals surface area (Å²) in [5.41, 5.74) is 7.04. The number of aryl methyl sites for hydroxylation is 1. The Labute approximate surface area is 240 Å². The number of fused-ring (bicyclic) bond motifs is 1. The van der Waals surface area contributed by atoms with E-state index in [1.165, 1.54) is 12.5 Å². The molecule has 0 aliphatic carbocycles. The predicted octanol–water partition coefficient (Wildman–Crippen LogP) is 7.60. The monoisotopic (exact) mass is 560 g/mol. The second kappa shape index (κ2) is 11.4. The van der Waals surface area contributed by atoms with Gasteiger partial charge < -0.3 is 19.7 Å². The number of carbonyl (C=O) groups is 2. The molecule has 0 saturated heterocycles. The van der Waals surface area contributed by atoms with Gasteiger partial charge in [-0.15, -0.1) is 0 Å². The number of halogens is 1. The Kier molecular flexibility index (Phi) is 8.31. The van der Waals surface area contributed by atoms with E-state index >= 15 is 0 Å². The number of benzene rings is 3. The molecule has 1 aromatic heterocycles. The van der Waals surface area contributed by atoms with E-state index in [0.29, 0.717) is 22.9 Å². The molecular formula is C33H37ClN2O4. The summed E-state index contributed by atoms with van der Waals surface area (Å²) in [6.45, 7) is 14.6. The molecule has 210 valence electrons. The van der Waals surface area contributed by atoms with Gasteiger partial charge in [0.25, 0.3) is 5.91 Å². The molecule has 40 heavy (non-hydrogen) atoms. The summed E-state index contributed by atoms with van der Waals surface area (Å²) in [6.07, 6.45) is -0.988. The van der Waals surface area contributed by atoms with Crippen LogP contribution in [-0.2, 0) is 16.8 Å². The van der Waals surface area contributed by atoms with Gasteiger partial charge in [-0.05, 0) is 91.8 Å². The molecule has 0 fully saturated rings. The Hall–Kier alpha value is -3.77. The van der Waals surface area contributed by atoms with E-state index in [9.17, 15) is 14.7 Å². The normalized spacial score (nSPS) is 13.2. The first-order valence-electron chi connectivity index (χ1n) is 13.4. The molecule has 3 aromatic carbocycles. The zero-order valence-electron chi connectivity index (χ0n) is 24.1. The lowest BCUT2D eigenvalue weighted by molar-refractivity contribution is -0.144. The molecule has 0 bridgehead atoms. The Morgan fingerprint density at radius 1 is 1.00 bits per heavy atom. The van der Waals surface area contributed by atoms with Gasteiger partial charge in [0.05, 0.1) is 6.04 Å². The van der Waals surface area contributed by atoms with Crippen LogP contribution in [0, 0.1) is 13.8 Å². The highest BCUT2D eigenvalue weighted by atomic mass is 35.5. The van der Waals surface area contributed by atoms with Crippen molar-refractivity contribution in [3.05, 3.63) is 99.2 Å². The van der Waals surface area contributed by atoms with E-state index < -0.39 is 12.1 Å². The lowest BCUT2D eigenvalue weighted by atomic mass is 9.86. The Morgan fingerprint density at radius 2 is 1.68 bits per heavy atom. The fourth-order valence-corrected chi connectivity index (χ4v) is 5.09. The minimum atomic E-state index is -1.04. The molecule has 0 saturated carbocycles. The van der Waals surface area contributed by atoms with Crippen molar-refractivity contribution in [2.45, 2.75) is 72.6 Å². The summed E-state index contributed by atoms with van der Waals surface area (Å²) < 4.78 is 7.71. The van der Waals surface area contributed by atoms with Crippen LogP contribution in [0.25, 0.3) is 10.9 Å². The Balaban J connectivity index is 1.56. The van der Waals surface area contributed by atoms with Crippen LogP contribution in [0.5, 0.6) is 5.75 Å². The third-order valence-electron chi connectivity index (χ3n) is 7.46. The number of aromatic nitrogens is 1. The highest BCUT2D eigenvalue weighted by Crippen LogP contribution is 2.30. The number of carbonyl (C=O) groups excluding carboxylic acids is 1. The highest BCUT2D eigenvalue weighted by molar-refractivity contribution is 6.30. The maximum atomic E-state index is 13.2. The quantitative estimate of drug-likeness (QED) is 0.232. The van der Waals surface area contributed by atoms with E-state index in [1.54, 1.807) is 6.07 Å². The van der Waals surface area contributed by atoms with Gasteiger partial charge in [0.2, 0.25) is 0 Å². The number of hydrogen-bond acceptors (Lipinski definition) is 3. The number of amides is 1. The first-order chi connectivity index (χ1) is 18.7. The zero-order chi connectivity index (χ0) is 29.4. The summed E-state index contributed by atoms with van der Waals surface area (Å²) in [6, 6.07) is 19.3. The first-order valence-corrected chi connectivity index (χ1v) is 13.8. The van der Waals surface area contributed by atoms with Crippen molar-refractivity contribution in [2.24, 2.45) is 0 Å². The van der Waals surface area contributed by atoms with Gasteiger partial charge in [-0.25, -0.2) is 4.79 Å². The van der Waals surface area contributed by atoms with Crippen LogP contribution >= 0.6 is 11.6 Å². The van der Waals surface area contributed by atoms with Gasteiger partial charge in [0.1, 0.15) is 5.75 Å². The summed E-state index contributed by atoms with van der Waals surface area (Å²) in [4.78, 5) is 24.4. The molecule has 0 aliphatic rings. The van der Waals surface area contributed by atoms with Crippen molar-refractivity contribution < 1.29 is 19.4 Å². The first kappa shape index (κ1) is 29.2. The van der Waals surface area contributed by atoms with Crippen molar-refractivity contribution >= 4 is 34.4 Å². The number of hydrogen-bond donors (Lipinski definition) is 2. The summed E-state index contributed by atoms with van der Waals surface area (Å²) in [5.74, 6) is -0.760. The smallest absolute Gasteiger partial charge is 0.344 e. The van der Waals surface area contributed by atoms with Crippen LogP contribution in [0.4, 0.5) is 0 Å². The average molecular weight is 561 g/mol. The molecule has 2 unspecified atom stereocenters. The molecule has 4 rings (SSSR count). The van der Waals surface area contributed by atoms with Gasteiger partial charge in [0, 0.05) is 33.7 Å². The maximum Gasteiger partial charge on any atom is 0.344 e. The number of ether oxygens (including phenoxy) is 1. The van der Waals surface area contributed by atoms with Crippen LogP contribution < -0.4 is 10.1 Å². The standard InChI is InChI=1S/C33H37ClN2O4/c1-19-21(3)36(18-23-14-27(34)17-28(15-23)40-22(4)32(38)39)30-13-10-25(16-29(19)30)31(37)35-20(2)24-8-11-26(12-9-24)33(5,6)7/h8-17,20,22H,18H2,1-7H3,(H,35,37)(H,38,39). The number of rotatable bonds is 8. The van der Waals surface area contributed by atoms with Crippen LogP contribution in [0.2, 0.25) is 5.02 Å². The van der Waals surface area contributed by atoms with Gasteiger partial charge in [0.15, 0.2) is 6.10 Å². The van der Waals surface area contributed by atoms with Crippen molar-refractivity contribution in [1.29, 1.82) is 0 Å². The molecule has 7 heteroatoms. The molecular weight excluding hydrogens is 524 g/mol. The van der Waals surface area contributed by atoms with Crippen LogP contribution in [0.3, 0.4) is 0 Å².